The van der Waals surface area contributed by atoms with Crippen LogP contribution in [0.15, 0.2) is 0 Å². The van der Waals surface area contributed by atoms with Crippen LogP contribution in [0, 0.1) is 5.41 Å². The van der Waals surface area contributed by atoms with E-state index in [0.29, 0.717) is 13.1 Å². The van der Waals surface area contributed by atoms with Crippen molar-refractivity contribution in [3.63, 3.8) is 0 Å². The van der Waals surface area contributed by atoms with Crippen LogP contribution in [-0.4, -0.2) is 24.1 Å². The average molecular weight is 117 g/mol. The lowest BCUT2D eigenvalue weighted by molar-refractivity contribution is 0.442. The summed E-state index contributed by atoms with van der Waals surface area (Å²) in [6, 6.07) is 0. The molecule has 0 aliphatic carbocycles. The molecule has 7 N–H and O–H groups in total. The van der Waals surface area contributed by atoms with Crippen LogP contribution in [0.1, 0.15) is 0 Å². The van der Waals surface area contributed by atoms with Gasteiger partial charge >= 0.3 is 0 Å². The summed E-state index contributed by atoms with van der Waals surface area (Å²) in [6.45, 7) is 0.839. The Bertz CT molecular complexity index is 79.7. The Kier molecular flexibility index (Phi) is 2.90. The number of hydrogen-bond donors (Lipinski definition) is 4. The summed E-state index contributed by atoms with van der Waals surface area (Å²) in [5.41, 5.74) is 10.0. The molecular formula is C3H11N5. The Hall–Kier alpha value is -0.810. The lowest BCUT2D eigenvalue weighted by Crippen LogP contribution is -2.44. The summed E-state index contributed by atoms with van der Waals surface area (Å²) in [6.07, 6.45) is 0. The normalized spacial score (nSPS) is 8.75. The molecule has 0 bridgehead atoms. The zero-order chi connectivity index (χ0) is 6.57. The van der Waals surface area contributed by atoms with Gasteiger partial charge < -0.3 is 11.5 Å². The largest absolute Gasteiger partial charge is 0.369 e. The van der Waals surface area contributed by atoms with Crippen LogP contribution in [0.5, 0.6) is 0 Å². The van der Waals surface area contributed by atoms with Gasteiger partial charge in [-0.3, -0.25) is 10.4 Å². The molecule has 0 fully saturated rings. The monoisotopic (exact) mass is 117 g/mol. The highest BCUT2D eigenvalue weighted by molar-refractivity contribution is 5.73. The van der Waals surface area contributed by atoms with E-state index >= 15 is 0 Å². The van der Waals surface area contributed by atoms with Crippen LogP contribution in [0.2, 0.25) is 0 Å². The lowest BCUT2D eigenvalue weighted by Gasteiger charge is -2.13. The van der Waals surface area contributed by atoms with Gasteiger partial charge in [0.05, 0.1) is 0 Å². The summed E-state index contributed by atoms with van der Waals surface area (Å²) in [5.74, 6) is 4.97. The van der Waals surface area contributed by atoms with Gasteiger partial charge in [-0.25, -0.2) is 5.84 Å². The van der Waals surface area contributed by atoms with E-state index < -0.39 is 0 Å². The lowest BCUT2D eigenvalue weighted by atomic mass is 10.6. The maximum absolute atomic E-state index is 6.73. The molecule has 0 radical (unpaired) electrons. The molecule has 0 amide bonds. The Morgan fingerprint density at radius 1 is 1.62 bits per heavy atom. The zero-order valence-electron chi connectivity index (χ0n) is 4.59. The fourth-order valence-corrected chi connectivity index (χ4v) is 0.260. The van der Waals surface area contributed by atoms with Crippen LogP contribution in [-0.2, 0) is 0 Å². The third-order valence-electron chi connectivity index (χ3n) is 0.679. The van der Waals surface area contributed by atoms with E-state index in [1.807, 2.05) is 0 Å². The number of guanidine groups is 1. The zero-order valence-corrected chi connectivity index (χ0v) is 4.59. The fraction of sp³-hybridized carbons (Fsp3) is 0.667. The van der Waals surface area contributed by atoms with Crippen LogP contribution in [0.25, 0.3) is 0 Å². The maximum atomic E-state index is 6.73. The van der Waals surface area contributed by atoms with Crippen molar-refractivity contribution in [3.8, 4) is 0 Å². The Balaban J connectivity index is 3.32. The number of hydrogen-bond acceptors (Lipinski definition) is 3. The molecule has 0 atom stereocenters. The smallest absolute Gasteiger partial charge is 0.202 e. The first-order valence-electron chi connectivity index (χ1n) is 2.24. The minimum atomic E-state index is -0.157. The highest BCUT2D eigenvalue weighted by Gasteiger charge is 1.94. The average Bonchev–Trinajstić information content (AvgIpc) is 1.67. The molecule has 0 rings (SSSR count). The molecule has 0 aromatic carbocycles. The Labute approximate surface area is 47.9 Å². The van der Waals surface area contributed by atoms with Gasteiger partial charge in [0.15, 0.2) is 0 Å². The van der Waals surface area contributed by atoms with Crippen molar-refractivity contribution in [1.29, 1.82) is 5.41 Å². The number of nitrogens with two attached hydrogens (primary N) is 3. The van der Waals surface area contributed by atoms with Crippen molar-refractivity contribution in [2.24, 2.45) is 17.3 Å². The van der Waals surface area contributed by atoms with E-state index in [9.17, 15) is 0 Å². The predicted octanol–water partition coefficient (Wildman–Crippen LogP) is -1.99. The summed E-state index contributed by atoms with van der Waals surface area (Å²) < 4.78 is 0. The van der Waals surface area contributed by atoms with Crippen molar-refractivity contribution in [1.82, 2.24) is 5.01 Å². The van der Waals surface area contributed by atoms with Crippen molar-refractivity contribution < 1.29 is 0 Å². The molecule has 48 valence electrons. The minimum Gasteiger partial charge on any atom is -0.369 e. The molecule has 5 nitrogen and oxygen atoms in total. The quantitative estimate of drug-likeness (QED) is 0.145. The topological polar surface area (TPSA) is 105 Å². The van der Waals surface area contributed by atoms with E-state index in [1.54, 1.807) is 0 Å². The molecule has 8 heavy (non-hydrogen) atoms. The molecule has 0 unspecified atom stereocenters. The molecular weight excluding hydrogens is 106 g/mol. The first kappa shape index (κ1) is 7.19. The molecule has 0 spiro atoms. The number of nitrogens with zero attached hydrogens (tertiary/aromatic N) is 1. The molecule has 0 aliphatic heterocycles. The molecule has 0 aliphatic rings. The van der Waals surface area contributed by atoms with Gasteiger partial charge in [-0.05, 0) is 0 Å². The second kappa shape index (κ2) is 3.23. The summed E-state index contributed by atoms with van der Waals surface area (Å²) in [7, 11) is 0. The highest BCUT2D eigenvalue weighted by Crippen LogP contribution is 1.67. The SMILES string of the molecule is N=C(N)N(N)CCN. The standard InChI is InChI=1S/C3H11N5/c4-1-2-8(7)3(5)6/h1-2,4,7H2,(H3,5,6). The summed E-state index contributed by atoms with van der Waals surface area (Å²) in [5, 5.41) is 7.81. The first-order valence-corrected chi connectivity index (χ1v) is 2.24. The van der Waals surface area contributed by atoms with Gasteiger partial charge in [0.1, 0.15) is 0 Å². The summed E-state index contributed by atoms with van der Waals surface area (Å²) in [4.78, 5) is 0. The van der Waals surface area contributed by atoms with Gasteiger partial charge in [-0.2, -0.15) is 0 Å². The van der Waals surface area contributed by atoms with Crippen molar-refractivity contribution >= 4 is 5.96 Å². The summed E-state index contributed by atoms with van der Waals surface area (Å²) >= 11 is 0. The second-order valence-corrected chi connectivity index (χ2v) is 1.37. The second-order valence-electron chi connectivity index (χ2n) is 1.37. The molecule has 5 heteroatoms. The van der Waals surface area contributed by atoms with Gasteiger partial charge in [0, 0.05) is 13.1 Å². The predicted molar refractivity (Wildman–Crippen MR) is 31.9 cm³/mol. The third kappa shape index (κ3) is 2.38. The van der Waals surface area contributed by atoms with Gasteiger partial charge in [-0.1, -0.05) is 0 Å². The highest BCUT2D eigenvalue weighted by atomic mass is 15.4. The van der Waals surface area contributed by atoms with Crippen LogP contribution in [0.4, 0.5) is 0 Å². The van der Waals surface area contributed by atoms with E-state index in [2.05, 4.69) is 0 Å². The van der Waals surface area contributed by atoms with Crippen molar-refractivity contribution in [2.45, 2.75) is 0 Å². The van der Waals surface area contributed by atoms with E-state index in [-0.39, 0.29) is 5.96 Å². The van der Waals surface area contributed by atoms with Gasteiger partial charge in [0.2, 0.25) is 5.96 Å². The Morgan fingerprint density at radius 3 is 2.25 bits per heavy atom. The minimum absolute atomic E-state index is 0.157. The molecule has 0 aromatic rings. The molecule has 0 heterocycles. The number of hydrazine groups is 1. The number of nitrogens with one attached hydrogen (secondary N) is 1. The third-order valence-corrected chi connectivity index (χ3v) is 0.679. The van der Waals surface area contributed by atoms with Crippen molar-refractivity contribution in [2.75, 3.05) is 13.1 Å². The van der Waals surface area contributed by atoms with Crippen LogP contribution < -0.4 is 17.3 Å². The maximum Gasteiger partial charge on any atom is 0.202 e. The van der Waals surface area contributed by atoms with Crippen LogP contribution in [0.3, 0.4) is 0 Å². The van der Waals surface area contributed by atoms with E-state index in [1.165, 1.54) is 0 Å². The molecule has 0 aromatic heterocycles. The first-order chi connectivity index (χ1) is 3.68. The van der Waals surface area contributed by atoms with Crippen LogP contribution >= 0.6 is 0 Å². The fourth-order valence-electron chi connectivity index (χ4n) is 0.260. The molecule has 0 saturated carbocycles. The Morgan fingerprint density at radius 2 is 2.12 bits per heavy atom. The van der Waals surface area contributed by atoms with E-state index in [4.69, 9.17) is 22.7 Å². The van der Waals surface area contributed by atoms with Crippen molar-refractivity contribution in [3.05, 3.63) is 0 Å². The van der Waals surface area contributed by atoms with E-state index in [0.717, 1.165) is 5.01 Å². The van der Waals surface area contributed by atoms with Gasteiger partial charge in [-0.15, -0.1) is 0 Å². The number of rotatable bonds is 2. The van der Waals surface area contributed by atoms with Gasteiger partial charge in [0.25, 0.3) is 0 Å². The molecule has 0 saturated heterocycles.